The monoisotopic (exact) mass is 371 g/mol. The number of fused-ring (bicyclic) bond motifs is 3. The van der Waals surface area contributed by atoms with Crippen molar-refractivity contribution in [3.8, 4) is 11.3 Å². The Morgan fingerprint density at radius 3 is 2.50 bits per heavy atom. The maximum atomic E-state index is 2.42. The van der Waals surface area contributed by atoms with Gasteiger partial charge in [-0.2, -0.15) is 0 Å². The van der Waals surface area contributed by atoms with Crippen LogP contribution in [-0.2, 0) is 20.5 Å². The van der Waals surface area contributed by atoms with Gasteiger partial charge in [-0.25, -0.2) is 9.13 Å². The molecule has 0 N–H and O–H groups in total. The highest BCUT2D eigenvalue weighted by atomic mass is 15.1. The second-order valence-corrected chi connectivity index (χ2v) is 8.13. The molecule has 0 aliphatic carbocycles. The van der Waals surface area contributed by atoms with Gasteiger partial charge in [0.25, 0.3) is 5.65 Å². The average Bonchev–Trinajstić information content (AvgIpc) is 2.99. The van der Waals surface area contributed by atoms with Gasteiger partial charge in [-0.3, -0.25) is 0 Å². The minimum Gasteiger partial charge on any atom is -0.229 e. The van der Waals surface area contributed by atoms with Crippen molar-refractivity contribution in [2.24, 2.45) is 14.1 Å². The zero-order chi connectivity index (χ0) is 19.8. The third-order valence-corrected chi connectivity index (χ3v) is 6.27. The summed E-state index contributed by atoms with van der Waals surface area (Å²) in [6.07, 6.45) is 5.01. The van der Waals surface area contributed by atoms with Gasteiger partial charge in [-0.1, -0.05) is 38.0 Å². The fraction of sp³-hybridized carbons (Fsp3) is 0.346. The molecule has 2 aromatic heterocycles. The molecule has 2 heterocycles. The number of nitrogens with zero attached hydrogens (tertiary/aromatic N) is 2. The lowest BCUT2D eigenvalue weighted by Crippen LogP contribution is -2.33. The number of unbranched alkanes of at least 4 members (excludes halogenated alkanes) is 2. The van der Waals surface area contributed by atoms with Crippen molar-refractivity contribution in [2.45, 2.75) is 46.5 Å². The van der Waals surface area contributed by atoms with Crippen LogP contribution in [0.5, 0.6) is 0 Å². The van der Waals surface area contributed by atoms with Gasteiger partial charge in [0.1, 0.15) is 11.2 Å². The molecule has 0 fully saturated rings. The SMILES string of the molecule is CCCCCc1cc(C)c(C)c(-c2ccc3c4ccccc4n(C)c3[n+]2C)c1. The lowest BCUT2D eigenvalue weighted by molar-refractivity contribution is -0.636. The molecule has 0 amide bonds. The Kier molecular flexibility index (Phi) is 4.97. The number of para-hydroxylation sites is 1. The molecule has 144 valence electrons. The zero-order valence-electron chi connectivity index (χ0n) is 17.8. The largest absolute Gasteiger partial charge is 0.289 e. The molecular formula is C26H31N2+. The summed E-state index contributed by atoms with van der Waals surface area (Å²) >= 11 is 0. The second kappa shape index (κ2) is 7.43. The summed E-state index contributed by atoms with van der Waals surface area (Å²) in [5, 5.41) is 2.64. The van der Waals surface area contributed by atoms with Gasteiger partial charge >= 0.3 is 0 Å². The lowest BCUT2D eigenvalue weighted by Gasteiger charge is -2.13. The molecule has 0 saturated heterocycles. The molecule has 28 heavy (non-hydrogen) atoms. The summed E-state index contributed by atoms with van der Waals surface area (Å²) in [7, 11) is 4.38. The Bertz CT molecular complexity index is 1160. The van der Waals surface area contributed by atoms with Crippen molar-refractivity contribution in [2.75, 3.05) is 0 Å². The van der Waals surface area contributed by atoms with E-state index < -0.39 is 0 Å². The van der Waals surface area contributed by atoms with Crippen LogP contribution in [0.3, 0.4) is 0 Å². The first-order valence-corrected chi connectivity index (χ1v) is 10.5. The molecule has 0 atom stereocenters. The van der Waals surface area contributed by atoms with E-state index in [1.807, 2.05) is 0 Å². The Morgan fingerprint density at radius 2 is 1.71 bits per heavy atom. The molecule has 0 saturated carbocycles. The molecule has 0 bridgehead atoms. The molecule has 2 heteroatoms. The van der Waals surface area contributed by atoms with E-state index in [1.54, 1.807) is 0 Å². The first kappa shape index (κ1) is 18.7. The van der Waals surface area contributed by atoms with Crippen LogP contribution in [0.2, 0.25) is 0 Å². The molecule has 4 aromatic rings. The second-order valence-electron chi connectivity index (χ2n) is 8.13. The van der Waals surface area contributed by atoms with Crippen molar-refractivity contribution in [1.29, 1.82) is 0 Å². The van der Waals surface area contributed by atoms with Gasteiger partial charge in [-0.05, 0) is 73.7 Å². The topological polar surface area (TPSA) is 8.81 Å². The number of hydrogen-bond acceptors (Lipinski definition) is 0. The summed E-state index contributed by atoms with van der Waals surface area (Å²) in [5.74, 6) is 0. The van der Waals surface area contributed by atoms with Gasteiger partial charge in [0.05, 0.1) is 19.5 Å². The Morgan fingerprint density at radius 1 is 0.929 bits per heavy atom. The summed E-state index contributed by atoms with van der Waals surface area (Å²) in [4.78, 5) is 0. The van der Waals surface area contributed by atoms with Crippen LogP contribution in [0.1, 0.15) is 42.9 Å². The van der Waals surface area contributed by atoms with E-state index >= 15 is 0 Å². The zero-order valence-corrected chi connectivity index (χ0v) is 17.8. The number of benzene rings is 2. The van der Waals surface area contributed by atoms with Crippen LogP contribution >= 0.6 is 0 Å². The highest BCUT2D eigenvalue weighted by Gasteiger charge is 2.21. The Balaban J connectivity index is 1.91. The number of aromatic nitrogens is 2. The molecule has 0 aliphatic heterocycles. The van der Waals surface area contributed by atoms with Gasteiger partial charge in [0.15, 0.2) is 0 Å². The summed E-state index contributed by atoms with van der Waals surface area (Å²) in [6.45, 7) is 6.77. The fourth-order valence-corrected chi connectivity index (χ4v) is 4.56. The van der Waals surface area contributed by atoms with E-state index in [1.165, 1.54) is 75.6 Å². The molecule has 2 aromatic carbocycles. The highest BCUT2D eigenvalue weighted by Crippen LogP contribution is 2.30. The normalized spacial score (nSPS) is 11.6. The number of hydrogen-bond donors (Lipinski definition) is 0. The Hall–Kier alpha value is -2.61. The fourth-order valence-electron chi connectivity index (χ4n) is 4.56. The van der Waals surface area contributed by atoms with Crippen LogP contribution < -0.4 is 4.57 Å². The predicted molar refractivity (Wildman–Crippen MR) is 120 cm³/mol. The van der Waals surface area contributed by atoms with Crippen molar-refractivity contribution in [3.05, 3.63) is 65.2 Å². The number of pyridine rings is 1. The smallest absolute Gasteiger partial charge is 0.229 e. The van der Waals surface area contributed by atoms with Crippen molar-refractivity contribution in [3.63, 3.8) is 0 Å². The predicted octanol–water partition coefficient (Wildman–Crippen LogP) is 6.17. The molecule has 2 nitrogen and oxygen atoms in total. The van der Waals surface area contributed by atoms with Crippen LogP contribution in [0.15, 0.2) is 48.5 Å². The third kappa shape index (κ3) is 3.01. The first-order valence-electron chi connectivity index (χ1n) is 10.5. The van der Waals surface area contributed by atoms with Crippen LogP contribution in [0.25, 0.3) is 33.2 Å². The van der Waals surface area contributed by atoms with E-state index in [2.05, 4.69) is 92.5 Å². The Labute approximate surface area is 168 Å². The van der Waals surface area contributed by atoms with Crippen molar-refractivity contribution in [1.82, 2.24) is 4.57 Å². The molecule has 0 unspecified atom stereocenters. The summed E-state index contributed by atoms with van der Waals surface area (Å²) in [6, 6.07) is 18.1. The number of aryl methyl sites for hydroxylation is 4. The molecule has 4 rings (SSSR count). The van der Waals surface area contributed by atoms with E-state index in [0.29, 0.717) is 0 Å². The van der Waals surface area contributed by atoms with E-state index in [-0.39, 0.29) is 0 Å². The number of rotatable bonds is 5. The van der Waals surface area contributed by atoms with Crippen LogP contribution in [0, 0.1) is 13.8 Å². The summed E-state index contributed by atoms with van der Waals surface area (Å²) in [5.41, 5.74) is 9.44. The molecule has 0 aliphatic rings. The van der Waals surface area contributed by atoms with Crippen LogP contribution in [0.4, 0.5) is 0 Å². The maximum absolute atomic E-state index is 2.42. The quantitative estimate of drug-likeness (QED) is 0.293. The maximum Gasteiger partial charge on any atom is 0.289 e. The minimum absolute atomic E-state index is 1.17. The van der Waals surface area contributed by atoms with Gasteiger partial charge in [-0.15, -0.1) is 0 Å². The van der Waals surface area contributed by atoms with Crippen molar-refractivity contribution >= 4 is 21.9 Å². The summed E-state index contributed by atoms with van der Waals surface area (Å²) < 4.78 is 4.69. The first-order chi connectivity index (χ1) is 13.5. The van der Waals surface area contributed by atoms with E-state index in [4.69, 9.17) is 0 Å². The van der Waals surface area contributed by atoms with Crippen LogP contribution in [-0.4, -0.2) is 4.57 Å². The standard InChI is InChI=1S/C26H31N2/c1-6-7-8-11-20-16-18(2)19(3)23(17-20)25-15-14-22-21-12-9-10-13-24(21)27(4)26(22)28(25)5/h9-10,12-17H,6-8,11H2,1-5H3/q+1. The average molecular weight is 372 g/mol. The minimum atomic E-state index is 1.17. The van der Waals surface area contributed by atoms with Gasteiger partial charge in [0.2, 0.25) is 0 Å². The van der Waals surface area contributed by atoms with Gasteiger partial charge < -0.3 is 0 Å². The highest BCUT2D eigenvalue weighted by molar-refractivity contribution is 6.05. The molecule has 0 radical (unpaired) electrons. The molecule has 0 spiro atoms. The van der Waals surface area contributed by atoms with Gasteiger partial charge in [0, 0.05) is 10.9 Å². The van der Waals surface area contributed by atoms with Crippen molar-refractivity contribution < 1.29 is 4.57 Å². The molecular weight excluding hydrogens is 340 g/mol. The van der Waals surface area contributed by atoms with E-state index in [0.717, 1.165) is 0 Å². The van der Waals surface area contributed by atoms with E-state index in [9.17, 15) is 0 Å². The lowest BCUT2D eigenvalue weighted by atomic mass is 9.94. The third-order valence-electron chi connectivity index (χ3n) is 6.27.